The van der Waals surface area contributed by atoms with Crippen LogP contribution in [-0.2, 0) is 0 Å². The predicted octanol–water partition coefficient (Wildman–Crippen LogP) is 5.08. The number of nitrogens with zero attached hydrogens (tertiary/aromatic N) is 5. The zero-order chi connectivity index (χ0) is 24.3. The van der Waals surface area contributed by atoms with Gasteiger partial charge in [-0.2, -0.15) is 0 Å². The van der Waals surface area contributed by atoms with E-state index in [9.17, 15) is 9.50 Å². The highest BCUT2D eigenvalue weighted by Crippen LogP contribution is 2.42. The molecule has 7 nitrogen and oxygen atoms in total. The third-order valence-electron chi connectivity index (χ3n) is 7.52. The molecule has 3 N–H and O–H groups in total. The topological polar surface area (TPSA) is 84.0 Å². The third kappa shape index (κ3) is 3.43. The first-order chi connectivity index (χ1) is 16.9. The summed E-state index contributed by atoms with van der Waals surface area (Å²) >= 11 is 0. The first-order valence-electron chi connectivity index (χ1n) is 11.8. The Morgan fingerprint density at radius 1 is 1.17 bits per heavy atom. The number of halogens is 1. The molecule has 0 amide bonds. The summed E-state index contributed by atoms with van der Waals surface area (Å²) in [6.07, 6.45) is 6.72. The zero-order valence-electron chi connectivity index (χ0n) is 19.3. The van der Waals surface area contributed by atoms with Crippen molar-refractivity contribution in [1.29, 1.82) is 0 Å². The molecule has 2 bridgehead atoms. The summed E-state index contributed by atoms with van der Waals surface area (Å²) in [4.78, 5) is 15.4. The molecular weight excluding hydrogens is 443 g/mol. The molecule has 4 heterocycles. The number of aromatic nitrogens is 3. The molecule has 2 aliphatic heterocycles. The van der Waals surface area contributed by atoms with Crippen molar-refractivity contribution in [2.24, 2.45) is 11.7 Å². The molecule has 0 radical (unpaired) electrons. The van der Waals surface area contributed by atoms with Gasteiger partial charge in [0.15, 0.2) is 0 Å². The molecular formula is C27H25FN6O. The Hall–Kier alpha value is -3.96. The van der Waals surface area contributed by atoms with Gasteiger partial charge in [0, 0.05) is 36.6 Å². The van der Waals surface area contributed by atoms with Gasteiger partial charge < -0.3 is 15.7 Å². The van der Waals surface area contributed by atoms with E-state index in [0.717, 1.165) is 42.9 Å². The lowest BCUT2D eigenvalue weighted by molar-refractivity contribution is 0.214. The van der Waals surface area contributed by atoms with Crippen LogP contribution in [-0.4, -0.2) is 38.1 Å². The fourth-order valence-electron chi connectivity index (χ4n) is 5.55. The van der Waals surface area contributed by atoms with Crippen LogP contribution in [0.4, 0.5) is 16.0 Å². The molecule has 3 atom stereocenters. The van der Waals surface area contributed by atoms with E-state index in [1.807, 2.05) is 29.7 Å². The highest BCUT2D eigenvalue weighted by Gasteiger charge is 2.40. The number of hydrogen-bond donors (Lipinski definition) is 2. The number of piperidine rings is 2. The Balaban J connectivity index is 1.62. The van der Waals surface area contributed by atoms with Gasteiger partial charge in [-0.05, 0) is 55.4 Å². The summed E-state index contributed by atoms with van der Waals surface area (Å²) < 4.78 is 16.7. The number of aryl methyl sites for hydroxylation is 1. The maximum absolute atomic E-state index is 14.7. The molecule has 2 aromatic carbocycles. The molecule has 1 saturated carbocycles. The van der Waals surface area contributed by atoms with E-state index >= 15 is 0 Å². The van der Waals surface area contributed by atoms with Crippen molar-refractivity contribution in [2.45, 2.75) is 38.3 Å². The standard InChI is InChI=1S/C27H25FN6O/c1-15-3-4-16(12-23(15)35)24-25(17-6-8-22(30-2)20(28)11-17)32-27(33-10-9-31-26(24)33)34-14-18-5-7-19(34)13-21(18)29/h3-4,6,8-12,18-19,21,35H,5,7,13-14,29H2,1H3. The maximum atomic E-state index is 14.7. The van der Waals surface area contributed by atoms with Gasteiger partial charge in [0.2, 0.25) is 11.6 Å². The minimum absolute atomic E-state index is 0.0345. The average Bonchev–Trinajstić information content (AvgIpc) is 3.35. The molecule has 4 aromatic rings. The van der Waals surface area contributed by atoms with Gasteiger partial charge in [-0.1, -0.05) is 24.3 Å². The fraction of sp³-hybridized carbons (Fsp3) is 0.296. The van der Waals surface area contributed by atoms with E-state index in [1.165, 1.54) is 12.1 Å². The molecule has 3 fully saturated rings. The number of phenolic OH excluding ortho intramolecular Hbond substituents is 1. The molecule has 8 heteroatoms. The Labute approximate surface area is 202 Å². The monoisotopic (exact) mass is 468 g/mol. The number of benzene rings is 2. The lowest BCUT2D eigenvalue weighted by Crippen LogP contribution is -2.57. The molecule has 7 rings (SSSR count). The number of phenols is 1. The summed E-state index contributed by atoms with van der Waals surface area (Å²) in [5.41, 5.74) is 10.3. The molecule has 2 saturated heterocycles. The van der Waals surface area contributed by atoms with Crippen LogP contribution in [0, 0.1) is 25.2 Å². The molecule has 1 aliphatic carbocycles. The van der Waals surface area contributed by atoms with Crippen LogP contribution in [0.15, 0.2) is 48.8 Å². The molecule has 3 aliphatic rings. The molecule has 3 unspecified atom stereocenters. The Kier molecular flexibility index (Phi) is 4.97. The number of hydrogen-bond acceptors (Lipinski definition) is 5. The van der Waals surface area contributed by atoms with Gasteiger partial charge in [0.25, 0.3) is 0 Å². The van der Waals surface area contributed by atoms with Crippen molar-refractivity contribution in [2.75, 3.05) is 11.4 Å². The second-order valence-electron chi connectivity index (χ2n) is 9.58. The Morgan fingerprint density at radius 3 is 2.69 bits per heavy atom. The van der Waals surface area contributed by atoms with Gasteiger partial charge in [-0.3, -0.25) is 4.40 Å². The quantitative estimate of drug-likeness (QED) is 0.410. The number of nitrogens with two attached hydrogens (primary N) is 1. The molecule has 35 heavy (non-hydrogen) atoms. The first-order valence-corrected chi connectivity index (χ1v) is 11.8. The summed E-state index contributed by atoms with van der Waals surface area (Å²) in [7, 11) is 0. The third-order valence-corrected chi connectivity index (χ3v) is 7.52. The van der Waals surface area contributed by atoms with E-state index in [1.54, 1.807) is 18.3 Å². The second kappa shape index (κ2) is 8.07. The molecule has 0 spiro atoms. The summed E-state index contributed by atoms with van der Waals surface area (Å²) in [5, 5.41) is 10.5. The fourth-order valence-corrected chi connectivity index (χ4v) is 5.55. The smallest absolute Gasteiger partial charge is 0.222 e. The van der Waals surface area contributed by atoms with Gasteiger partial charge in [-0.25, -0.2) is 19.2 Å². The van der Waals surface area contributed by atoms with E-state index in [0.29, 0.717) is 28.4 Å². The minimum atomic E-state index is -0.593. The van der Waals surface area contributed by atoms with E-state index < -0.39 is 5.82 Å². The number of fused-ring (bicyclic) bond motifs is 4. The normalized spacial score (nSPS) is 21.4. The van der Waals surface area contributed by atoms with E-state index in [4.69, 9.17) is 17.3 Å². The zero-order valence-corrected chi connectivity index (χ0v) is 19.3. The first kappa shape index (κ1) is 21.6. The SMILES string of the molecule is [C-]#[N+]c1ccc(-c2nc(N3CC4CCC3CC4N)n3ccnc3c2-c2ccc(C)c(O)c2)cc1F. The number of imidazole rings is 1. The van der Waals surface area contributed by atoms with Crippen LogP contribution in [0.25, 0.3) is 32.9 Å². The van der Waals surface area contributed by atoms with Crippen molar-refractivity contribution < 1.29 is 9.50 Å². The highest BCUT2D eigenvalue weighted by molar-refractivity contribution is 5.91. The van der Waals surface area contributed by atoms with Gasteiger partial charge in [0.1, 0.15) is 17.2 Å². The highest BCUT2D eigenvalue weighted by atomic mass is 19.1. The molecule has 2 aromatic heterocycles. The van der Waals surface area contributed by atoms with Crippen molar-refractivity contribution in [3.8, 4) is 28.1 Å². The summed E-state index contributed by atoms with van der Waals surface area (Å²) in [6.45, 7) is 9.87. The Morgan fingerprint density at radius 2 is 2.00 bits per heavy atom. The second-order valence-corrected chi connectivity index (χ2v) is 9.58. The summed E-state index contributed by atoms with van der Waals surface area (Å²) in [5.74, 6) is 0.737. The Bertz CT molecular complexity index is 1510. The van der Waals surface area contributed by atoms with Crippen LogP contribution in [0.5, 0.6) is 5.75 Å². The summed E-state index contributed by atoms with van der Waals surface area (Å²) in [6, 6.07) is 10.5. The lowest BCUT2D eigenvalue weighted by atomic mass is 9.77. The largest absolute Gasteiger partial charge is 0.508 e. The molecule has 176 valence electrons. The van der Waals surface area contributed by atoms with E-state index in [2.05, 4.69) is 14.7 Å². The van der Waals surface area contributed by atoms with Crippen molar-refractivity contribution in [1.82, 2.24) is 14.4 Å². The van der Waals surface area contributed by atoms with Crippen molar-refractivity contribution in [3.05, 3.63) is 71.6 Å². The lowest BCUT2D eigenvalue weighted by Gasteiger charge is -2.49. The predicted molar refractivity (Wildman–Crippen MR) is 133 cm³/mol. The van der Waals surface area contributed by atoms with Gasteiger partial charge >= 0.3 is 0 Å². The van der Waals surface area contributed by atoms with Gasteiger partial charge in [0.05, 0.1) is 17.8 Å². The van der Waals surface area contributed by atoms with Crippen molar-refractivity contribution in [3.63, 3.8) is 0 Å². The number of aromatic hydroxyl groups is 1. The van der Waals surface area contributed by atoms with Crippen LogP contribution >= 0.6 is 0 Å². The number of anilines is 1. The maximum Gasteiger partial charge on any atom is 0.222 e. The van der Waals surface area contributed by atoms with Crippen molar-refractivity contribution >= 4 is 17.3 Å². The minimum Gasteiger partial charge on any atom is -0.508 e. The van der Waals surface area contributed by atoms with Gasteiger partial charge in [-0.15, -0.1) is 0 Å². The number of rotatable bonds is 3. The van der Waals surface area contributed by atoms with Crippen LogP contribution < -0.4 is 10.6 Å². The van der Waals surface area contributed by atoms with E-state index in [-0.39, 0.29) is 23.5 Å². The van der Waals surface area contributed by atoms with Crippen LogP contribution in [0.3, 0.4) is 0 Å². The average molecular weight is 469 g/mol. The van der Waals surface area contributed by atoms with Crippen LogP contribution in [0.2, 0.25) is 0 Å². The van der Waals surface area contributed by atoms with Crippen LogP contribution in [0.1, 0.15) is 24.8 Å².